The van der Waals surface area contributed by atoms with Crippen LogP contribution in [-0.4, -0.2) is 18.1 Å². The number of hydrogen-bond acceptors (Lipinski definition) is 4. The van der Waals surface area contributed by atoms with Crippen LogP contribution < -0.4 is 10.1 Å². The van der Waals surface area contributed by atoms with E-state index in [0.717, 1.165) is 17.8 Å². The number of benzene rings is 1. The molecule has 0 radical (unpaired) electrons. The van der Waals surface area contributed by atoms with Gasteiger partial charge in [0.1, 0.15) is 12.4 Å². The van der Waals surface area contributed by atoms with E-state index < -0.39 is 0 Å². The van der Waals surface area contributed by atoms with Gasteiger partial charge >= 0.3 is 0 Å². The smallest absolute Gasteiger partial charge is 0.119 e. The molecule has 1 aromatic carbocycles. The Bertz CT molecular complexity index is 696. The zero-order chi connectivity index (χ0) is 14.5. The van der Waals surface area contributed by atoms with Crippen molar-refractivity contribution in [3.63, 3.8) is 0 Å². The molecule has 0 aliphatic rings. The zero-order valence-corrected chi connectivity index (χ0v) is 12.8. The van der Waals surface area contributed by atoms with Crippen LogP contribution in [0.5, 0.6) is 5.75 Å². The minimum Gasteiger partial charge on any atom is -0.492 e. The van der Waals surface area contributed by atoms with Crippen LogP contribution in [0.25, 0.3) is 10.2 Å². The quantitative estimate of drug-likeness (QED) is 0.698. The van der Waals surface area contributed by atoms with E-state index in [1.54, 1.807) is 11.3 Å². The van der Waals surface area contributed by atoms with Crippen molar-refractivity contribution >= 4 is 21.6 Å². The van der Waals surface area contributed by atoms with E-state index in [0.29, 0.717) is 6.61 Å². The van der Waals surface area contributed by atoms with Crippen LogP contribution in [0.3, 0.4) is 0 Å². The van der Waals surface area contributed by atoms with Crippen molar-refractivity contribution < 1.29 is 4.74 Å². The molecule has 108 valence electrons. The summed E-state index contributed by atoms with van der Waals surface area (Å²) in [6.07, 6.45) is 1.95. The molecule has 0 aliphatic heterocycles. The highest BCUT2D eigenvalue weighted by Gasteiger charge is 2.07. The molecule has 1 unspecified atom stereocenters. The Morgan fingerprint density at radius 2 is 2.10 bits per heavy atom. The standard InChI is InChI=1S/C17H18N2OS/c1-13(14-11-17-16(19-12-14)7-10-21-17)18-8-9-20-15-5-3-2-4-6-15/h2-7,10-13,18H,8-9H2,1H3. The number of rotatable bonds is 6. The van der Waals surface area contributed by atoms with Gasteiger partial charge in [0.05, 0.1) is 10.2 Å². The van der Waals surface area contributed by atoms with Crippen LogP contribution in [0.2, 0.25) is 0 Å². The lowest BCUT2D eigenvalue weighted by atomic mass is 10.1. The lowest BCUT2D eigenvalue weighted by Crippen LogP contribution is -2.24. The zero-order valence-electron chi connectivity index (χ0n) is 12.0. The first-order chi connectivity index (χ1) is 10.3. The van der Waals surface area contributed by atoms with E-state index in [4.69, 9.17) is 4.74 Å². The summed E-state index contributed by atoms with van der Waals surface area (Å²) in [6, 6.07) is 14.4. The third kappa shape index (κ3) is 3.60. The van der Waals surface area contributed by atoms with E-state index in [9.17, 15) is 0 Å². The Morgan fingerprint density at radius 3 is 2.95 bits per heavy atom. The number of hydrogen-bond donors (Lipinski definition) is 1. The highest BCUT2D eigenvalue weighted by atomic mass is 32.1. The maximum Gasteiger partial charge on any atom is 0.119 e. The molecule has 0 aliphatic carbocycles. The van der Waals surface area contributed by atoms with Gasteiger partial charge in [0.25, 0.3) is 0 Å². The number of aromatic nitrogens is 1. The largest absolute Gasteiger partial charge is 0.492 e. The van der Waals surface area contributed by atoms with Gasteiger partial charge in [-0.3, -0.25) is 4.98 Å². The number of thiophene rings is 1. The Hall–Kier alpha value is -1.91. The second-order valence-corrected chi connectivity index (χ2v) is 5.86. The number of ether oxygens (including phenoxy) is 1. The lowest BCUT2D eigenvalue weighted by Gasteiger charge is -2.14. The maximum atomic E-state index is 5.67. The topological polar surface area (TPSA) is 34.1 Å². The first-order valence-corrected chi connectivity index (χ1v) is 7.95. The third-order valence-electron chi connectivity index (χ3n) is 3.39. The maximum absolute atomic E-state index is 5.67. The number of nitrogens with zero attached hydrogens (tertiary/aromatic N) is 1. The molecule has 2 aromatic heterocycles. The normalized spacial score (nSPS) is 12.4. The Kier molecular flexibility index (Phi) is 4.48. The second kappa shape index (κ2) is 6.70. The van der Waals surface area contributed by atoms with Crippen molar-refractivity contribution in [1.82, 2.24) is 10.3 Å². The van der Waals surface area contributed by atoms with Crippen molar-refractivity contribution in [2.75, 3.05) is 13.2 Å². The van der Waals surface area contributed by atoms with Gasteiger partial charge in [-0.15, -0.1) is 11.3 Å². The Labute approximate surface area is 128 Å². The SMILES string of the molecule is CC(NCCOc1ccccc1)c1cnc2ccsc2c1. The van der Waals surface area contributed by atoms with E-state index in [-0.39, 0.29) is 6.04 Å². The summed E-state index contributed by atoms with van der Waals surface area (Å²) in [5.41, 5.74) is 2.29. The molecule has 0 bridgehead atoms. The minimum atomic E-state index is 0.267. The van der Waals surface area contributed by atoms with Crippen molar-refractivity contribution in [3.8, 4) is 5.75 Å². The molecule has 0 amide bonds. The molecular formula is C17H18N2OS. The van der Waals surface area contributed by atoms with E-state index >= 15 is 0 Å². The van der Waals surface area contributed by atoms with E-state index in [2.05, 4.69) is 34.7 Å². The predicted octanol–water partition coefficient (Wildman–Crippen LogP) is 4.03. The van der Waals surface area contributed by atoms with Gasteiger partial charge in [-0.25, -0.2) is 0 Å². The van der Waals surface area contributed by atoms with Crippen molar-refractivity contribution in [3.05, 3.63) is 59.6 Å². The van der Waals surface area contributed by atoms with Crippen molar-refractivity contribution in [1.29, 1.82) is 0 Å². The highest BCUT2D eigenvalue weighted by Crippen LogP contribution is 2.22. The fraction of sp³-hybridized carbons (Fsp3) is 0.235. The van der Waals surface area contributed by atoms with Crippen LogP contribution in [0, 0.1) is 0 Å². The van der Waals surface area contributed by atoms with E-state index in [1.807, 2.05) is 36.5 Å². The van der Waals surface area contributed by atoms with Crippen LogP contribution >= 0.6 is 11.3 Å². The Balaban J connectivity index is 1.50. The average molecular weight is 298 g/mol. The number of pyridine rings is 1. The number of nitrogens with one attached hydrogen (secondary N) is 1. The van der Waals surface area contributed by atoms with Crippen LogP contribution in [-0.2, 0) is 0 Å². The van der Waals surface area contributed by atoms with Gasteiger partial charge < -0.3 is 10.1 Å². The Morgan fingerprint density at radius 1 is 1.24 bits per heavy atom. The van der Waals surface area contributed by atoms with Crippen LogP contribution in [0.15, 0.2) is 54.0 Å². The van der Waals surface area contributed by atoms with Gasteiger partial charge in [-0.05, 0) is 42.1 Å². The second-order valence-electron chi connectivity index (χ2n) is 4.91. The van der Waals surface area contributed by atoms with Gasteiger partial charge in [0.15, 0.2) is 0 Å². The summed E-state index contributed by atoms with van der Waals surface area (Å²) in [5, 5.41) is 5.54. The molecule has 0 fully saturated rings. The summed E-state index contributed by atoms with van der Waals surface area (Å²) in [4.78, 5) is 4.48. The number of fused-ring (bicyclic) bond motifs is 1. The fourth-order valence-electron chi connectivity index (χ4n) is 2.18. The molecule has 0 saturated carbocycles. The summed E-state index contributed by atoms with van der Waals surface area (Å²) in [5.74, 6) is 0.911. The monoisotopic (exact) mass is 298 g/mol. The van der Waals surface area contributed by atoms with Crippen molar-refractivity contribution in [2.24, 2.45) is 0 Å². The fourth-order valence-corrected chi connectivity index (χ4v) is 2.97. The minimum absolute atomic E-state index is 0.267. The van der Waals surface area contributed by atoms with Crippen LogP contribution in [0.1, 0.15) is 18.5 Å². The van der Waals surface area contributed by atoms with Gasteiger partial charge in [-0.2, -0.15) is 0 Å². The van der Waals surface area contributed by atoms with Gasteiger partial charge in [0, 0.05) is 18.8 Å². The first kappa shape index (κ1) is 14.0. The van der Waals surface area contributed by atoms with E-state index in [1.165, 1.54) is 10.3 Å². The molecule has 3 nitrogen and oxygen atoms in total. The molecule has 0 spiro atoms. The summed E-state index contributed by atoms with van der Waals surface area (Å²) in [7, 11) is 0. The molecule has 3 rings (SSSR count). The molecule has 3 aromatic rings. The number of para-hydroxylation sites is 1. The first-order valence-electron chi connectivity index (χ1n) is 7.07. The molecule has 0 saturated heterocycles. The summed E-state index contributed by atoms with van der Waals surface area (Å²) in [6.45, 7) is 3.61. The predicted molar refractivity (Wildman–Crippen MR) is 88.0 cm³/mol. The summed E-state index contributed by atoms with van der Waals surface area (Å²) < 4.78 is 6.91. The van der Waals surface area contributed by atoms with Crippen molar-refractivity contribution in [2.45, 2.75) is 13.0 Å². The third-order valence-corrected chi connectivity index (χ3v) is 4.24. The molecular weight excluding hydrogens is 280 g/mol. The molecule has 1 atom stereocenters. The van der Waals surface area contributed by atoms with Gasteiger partial charge in [0.2, 0.25) is 0 Å². The van der Waals surface area contributed by atoms with Gasteiger partial charge in [-0.1, -0.05) is 18.2 Å². The molecule has 21 heavy (non-hydrogen) atoms. The van der Waals surface area contributed by atoms with Crippen LogP contribution in [0.4, 0.5) is 0 Å². The lowest BCUT2D eigenvalue weighted by molar-refractivity contribution is 0.307. The molecule has 2 heterocycles. The molecule has 1 N–H and O–H groups in total. The summed E-state index contributed by atoms with van der Waals surface area (Å²) >= 11 is 1.73. The molecule has 4 heteroatoms. The highest BCUT2D eigenvalue weighted by molar-refractivity contribution is 7.17. The average Bonchev–Trinajstić information content (AvgIpc) is 3.00.